The molecule has 0 aliphatic rings. The Kier molecular flexibility index (Phi) is 21.6. The Labute approximate surface area is 377 Å². The first kappa shape index (κ1) is 52.2. The minimum atomic E-state index is -4.94. The molecule has 338 valence electrons. The van der Waals surface area contributed by atoms with Gasteiger partial charge in [-0.15, -0.1) is 20.5 Å². The highest BCUT2D eigenvalue weighted by Gasteiger charge is 2.11. The fourth-order valence-electron chi connectivity index (χ4n) is 6.13. The third-order valence-corrected chi connectivity index (χ3v) is 8.99. The Morgan fingerprint density at radius 1 is 0.406 bits per heavy atom. The Morgan fingerprint density at radius 2 is 0.719 bits per heavy atom. The summed E-state index contributed by atoms with van der Waals surface area (Å²) < 4.78 is 93.8. The number of methoxy groups -OCH3 is 4. The fourth-order valence-corrected chi connectivity index (χ4v) is 6.13. The smallest absolute Gasteiger partial charge is 0.213 e. The van der Waals surface area contributed by atoms with Crippen LogP contribution < -0.4 is 65.4 Å². The normalized spacial score (nSPS) is 11.0. The number of aryl methyl sites for hydroxylation is 2. The average molecular weight is 918 g/mol. The number of benzene rings is 5. The van der Waals surface area contributed by atoms with Gasteiger partial charge in [-0.3, -0.25) is 0 Å². The first-order valence-corrected chi connectivity index (χ1v) is 21.9. The second kappa shape index (κ2) is 26.5. The van der Waals surface area contributed by atoms with Gasteiger partial charge < -0.3 is 18.9 Å². The van der Waals surface area contributed by atoms with Crippen LogP contribution in [0.2, 0.25) is 0 Å². The molecular formula is C48H50Cl2N2O12. The van der Waals surface area contributed by atoms with Crippen LogP contribution in [0, 0.1) is 20.5 Å². The zero-order valence-corrected chi connectivity index (χ0v) is 37.6. The maximum atomic E-state index is 8.49. The summed E-state index contributed by atoms with van der Waals surface area (Å²) in [4.78, 5) is 0. The van der Waals surface area contributed by atoms with E-state index in [9.17, 15) is 0 Å². The zero-order chi connectivity index (χ0) is 47.1. The Hall–Kier alpha value is -6.14. The summed E-state index contributed by atoms with van der Waals surface area (Å²) in [6.45, 7) is 6.23. The van der Waals surface area contributed by atoms with Crippen molar-refractivity contribution < 1.29 is 85.8 Å². The molecule has 0 aliphatic heterocycles. The SMILES string of the molecule is CC[n+]1ccc(/C=C/c2ccc(OC)c(OC)c2)c2ccccc21.CC[n+]1ccc(/C=C/c2ccc(OC)c(OC)c2)c2ccccc21.[O-][Cl+3]([O-])([O-])[O-].[O-][Cl+3]([O-])([O-])[O-].c1ccccc1. The van der Waals surface area contributed by atoms with E-state index < -0.39 is 20.5 Å². The molecule has 0 bridgehead atoms. The van der Waals surface area contributed by atoms with Crippen LogP contribution in [0.5, 0.6) is 23.0 Å². The first-order valence-electron chi connectivity index (χ1n) is 19.4. The van der Waals surface area contributed by atoms with Crippen LogP contribution in [0.4, 0.5) is 0 Å². The number of para-hydroxylation sites is 2. The molecule has 0 unspecified atom stereocenters. The molecule has 7 aromatic rings. The third kappa shape index (κ3) is 18.3. The summed E-state index contributed by atoms with van der Waals surface area (Å²) >= 11 is 0. The van der Waals surface area contributed by atoms with Gasteiger partial charge in [-0.2, -0.15) is 9.13 Å². The Balaban J connectivity index is 0.000000254. The minimum absolute atomic E-state index is 0.737. The summed E-state index contributed by atoms with van der Waals surface area (Å²) in [5.41, 5.74) is 7.03. The van der Waals surface area contributed by atoms with Crippen molar-refractivity contribution in [2.75, 3.05) is 28.4 Å². The lowest BCUT2D eigenvalue weighted by Crippen LogP contribution is -2.68. The third-order valence-electron chi connectivity index (χ3n) is 8.99. The molecule has 16 heteroatoms. The molecule has 0 aliphatic carbocycles. The molecular weight excluding hydrogens is 867 g/mol. The lowest BCUT2D eigenvalue weighted by Gasteiger charge is -2.17. The van der Waals surface area contributed by atoms with Gasteiger partial charge in [-0.25, -0.2) is 37.3 Å². The van der Waals surface area contributed by atoms with Crippen LogP contribution in [0.1, 0.15) is 36.1 Å². The van der Waals surface area contributed by atoms with Gasteiger partial charge in [0.1, 0.15) is 13.1 Å². The fraction of sp³-hybridized carbons (Fsp3) is 0.167. The minimum Gasteiger partial charge on any atom is -0.493 e. The number of aromatic nitrogens is 2. The molecule has 0 saturated carbocycles. The topological polar surface area (TPSA) is 229 Å². The van der Waals surface area contributed by atoms with E-state index in [0.29, 0.717) is 0 Å². The Morgan fingerprint density at radius 3 is 1.02 bits per heavy atom. The van der Waals surface area contributed by atoms with Gasteiger partial charge in [0.15, 0.2) is 35.4 Å². The maximum Gasteiger partial charge on any atom is 0.213 e. The molecule has 14 nitrogen and oxygen atoms in total. The van der Waals surface area contributed by atoms with Crippen molar-refractivity contribution in [1.29, 1.82) is 0 Å². The van der Waals surface area contributed by atoms with Gasteiger partial charge >= 0.3 is 0 Å². The van der Waals surface area contributed by atoms with Crippen LogP contribution in [0.25, 0.3) is 46.1 Å². The average Bonchev–Trinajstić information content (AvgIpc) is 3.29. The van der Waals surface area contributed by atoms with Gasteiger partial charge in [-0.05, 0) is 72.5 Å². The van der Waals surface area contributed by atoms with E-state index in [4.69, 9.17) is 56.2 Å². The molecule has 0 atom stereocenters. The molecule has 0 N–H and O–H groups in total. The second-order valence-corrected chi connectivity index (χ2v) is 14.5. The van der Waals surface area contributed by atoms with Crippen LogP contribution in [-0.4, -0.2) is 28.4 Å². The van der Waals surface area contributed by atoms with E-state index in [1.807, 2.05) is 72.8 Å². The number of pyridine rings is 2. The quantitative estimate of drug-likeness (QED) is 0.174. The highest BCUT2D eigenvalue weighted by molar-refractivity contribution is 5.89. The van der Waals surface area contributed by atoms with Gasteiger partial charge in [0.05, 0.1) is 39.2 Å². The number of rotatable bonds is 10. The van der Waals surface area contributed by atoms with E-state index >= 15 is 0 Å². The largest absolute Gasteiger partial charge is 0.493 e. The van der Waals surface area contributed by atoms with Crippen molar-refractivity contribution >= 4 is 46.1 Å². The van der Waals surface area contributed by atoms with Crippen molar-refractivity contribution in [3.8, 4) is 23.0 Å². The van der Waals surface area contributed by atoms with Crippen molar-refractivity contribution in [3.05, 3.63) is 168 Å². The molecule has 0 radical (unpaired) electrons. The molecule has 0 saturated heterocycles. The molecule has 2 aromatic heterocycles. The summed E-state index contributed by atoms with van der Waals surface area (Å²) in [5.74, 6) is 2.95. The highest BCUT2D eigenvalue weighted by Crippen LogP contribution is 2.30. The number of fused-ring (bicyclic) bond motifs is 2. The molecule has 7 rings (SSSR count). The number of ether oxygens (including phenoxy) is 4. The number of nitrogens with zero attached hydrogens (tertiary/aromatic N) is 2. The first-order chi connectivity index (χ1) is 30.5. The molecule has 5 aromatic carbocycles. The van der Waals surface area contributed by atoms with E-state index in [1.54, 1.807) is 28.4 Å². The van der Waals surface area contributed by atoms with Crippen molar-refractivity contribution in [2.24, 2.45) is 0 Å². The predicted molar refractivity (Wildman–Crippen MR) is 223 cm³/mol. The van der Waals surface area contributed by atoms with Crippen LogP contribution in [0.15, 0.2) is 146 Å². The number of halogens is 2. The van der Waals surface area contributed by atoms with E-state index in [0.717, 1.165) is 47.2 Å². The predicted octanol–water partition coefficient (Wildman–Crippen LogP) is 0.844. The molecule has 64 heavy (non-hydrogen) atoms. The van der Waals surface area contributed by atoms with Gasteiger partial charge in [-0.1, -0.05) is 97.1 Å². The zero-order valence-electron chi connectivity index (χ0n) is 36.1. The monoisotopic (exact) mass is 916 g/mol. The van der Waals surface area contributed by atoms with Crippen LogP contribution in [-0.2, 0) is 13.1 Å². The standard InChI is InChI=1S/2C21H22NO2.C6H6.2ClHO4/c2*1-4-22-14-13-17(18-7-5-6-8-19(18)22)11-9-16-10-12-20(23-2)21(15-16)24-3;1-2-4-6-5-3-1;2*2-1(3,4)5/h2*5-15H,4H2,1-3H3;1-6H;2*(H,2,3,4,5)/q2*+1;;;/p-2/b2*11-9+;;;. The van der Waals surface area contributed by atoms with Crippen molar-refractivity contribution in [3.63, 3.8) is 0 Å². The summed E-state index contributed by atoms with van der Waals surface area (Å²) in [6, 6.07) is 45.1. The van der Waals surface area contributed by atoms with Crippen molar-refractivity contribution in [1.82, 2.24) is 0 Å². The van der Waals surface area contributed by atoms with Crippen LogP contribution in [0.3, 0.4) is 0 Å². The van der Waals surface area contributed by atoms with Gasteiger partial charge in [0, 0.05) is 24.3 Å². The number of hydrogen-bond acceptors (Lipinski definition) is 12. The lowest BCUT2D eigenvalue weighted by atomic mass is 10.1. The summed E-state index contributed by atoms with van der Waals surface area (Å²) in [7, 11) is -3.29. The van der Waals surface area contributed by atoms with Crippen molar-refractivity contribution in [2.45, 2.75) is 26.9 Å². The maximum absolute atomic E-state index is 8.49. The lowest BCUT2D eigenvalue weighted by molar-refractivity contribution is -2.00. The molecule has 0 spiro atoms. The summed E-state index contributed by atoms with van der Waals surface area (Å²) in [5, 5.41) is 2.50. The van der Waals surface area contributed by atoms with E-state index in [-0.39, 0.29) is 0 Å². The Bertz CT molecular complexity index is 2350. The van der Waals surface area contributed by atoms with E-state index in [1.165, 1.54) is 32.9 Å². The molecule has 2 heterocycles. The molecule has 0 fully saturated rings. The summed E-state index contributed by atoms with van der Waals surface area (Å²) in [6.07, 6.45) is 12.8. The van der Waals surface area contributed by atoms with E-state index in [2.05, 4.69) is 120 Å². The van der Waals surface area contributed by atoms with Crippen LogP contribution >= 0.6 is 0 Å². The van der Waals surface area contributed by atoms with Gasteiger partial charge in [0.2, 0.25) is 11.0 Å². The second-order valence-electron chi connectivity index (χ2n) is 13.0. The number of hydrogen-bond donors (Lipinski definition) is 0. The van der Waals surface area contributed by atoms with Gasteiger partial charge in [0.25, 0.3) is 0 Å². The molecule has 0 amide bonds. The highest BCUT2D eigenvalue weighted by atomic mass is 35.7.